The second-order valence-corrected chi connectivity index (χ2v) is 9.66. The average Bonchev–Trinajstić information content (AvgIpc) is 2.73. The van der Waals surface area contributed by atoms with Crippen molar-refractivity contribution >= 4 is 15.8 Å². The second-order valence-electron chi connectivity index (χ2n) is 7.65. The van der Waals surface area contributed by atoms with Gasteiger partial charge in [-0.05, 0) is 47.4 Å². The van der Waals surface area contributed by atoms with Crippen molar-refractivity contribution in [3.63, 3.8) is 0 Å². The third kappa shape index (κ3) is 4.62. The lowest BCUT2D eigenvalue weighted by molar-refractivity contribution is 0.219. The fourth-order valence-electron chi connectivity index (χ4n) is 3.38. The first-order valence-corrected chi connectivity index (χ1v) is 11.9. The standard InChI is InChI=1S/C23H25N3O3S/c1-3-17-12-24-23(25-13-17)26-14-18(15-26)16-29-21-8-4-19(5-9-21)20-6-10-22(11-7-20)30(2,27)28/h4-13,18H,3,14-16H2,1-2H3. The third-order valence-corrected chi connectivity index (χ3v) is 6.42. The second kappa shape index (κ2) is 8.44. The van der Waals surface area contributed by atoms with Gasteiger partial charge < -0.3 is 9.64 Å². The van der Waals surface area contributed by atoms with E-state index in [1.54, 1.807) is 12.1 Å². The van der Waals surface area contributed by atoms with Gasteiger partial charge in [0.1, 0.15) is 5.75 Å². The molecule has 30 heavy (non-hydrogen) atoms. The molecule has 0 bridgehead atoms. The minimum absolute atomic E-state index is 0.326. The molecular formula is C23H25N3O3S. The lowest BCUT2D eigenvalue weighted by atomic mass is 10.0. The zero-order valence-electron chi connectivity index (χ0n) is 17.2. The Hall–Kier alpha value is -2.93. The molecule has 2 heterocycles. The molecule has 1 saturated heterocycles. The number of benzene rings is 2. The predicted molar refractivity (Wildman–Crippen MR) is 118 cm³/mol. The van der Waals surface area contributed by atoms with Gasteiger partial charge in [0.25, 0.3) is 0 Å². The van der Waals surface area contributed by atoms with Crippen LogP contribution in [0.1, 0.15) is 12.5 Å². The molecule has 1 aromatic heterocycles. The highest BCUT2D eigenvalue weighted by Gasteiger charge is 2.29. The number of aromatic nitrogens is 2. The maximum atomic E-state index is 11.6. The third-order valence-electron chi connectivity index (χ3n) is 5.30. The van der Waals surface area contributed by atoms with Crippen molar-refractivity contribution in [1.82, 2.24) is 9.97 Å². The number of nitrogens with zero attached hydrogens (tertiary/aromatic N) is 3. The van der Waals surface area contributed by atoms with Crippen LogP contribution in [0.2, 0.25) is 0 Å². The molecule has 0 saturated carbocycles. The van der Waals surface area contributed by atoms with Crippen LogP contribution in [0, 0.1) is 5.92 Å². The van der Waals surface area contributed by atoms with E-state index in [2.05, 4.69) is 21.8 Å². The van der Waals surface area contributed by atoms with Crippen molar-refractivity contribution < 1.29 is 13.2 Å². The van der Waals surface area contributed by atoms with E-state index >= 15 is 0 Å². The summed E-state index contributed by atoms with van der Waals surface area (Å²) in [5.41, 5.74) is 3.14. The molecule has 1 aliphatic heterocycles. The zero-order chi connectivity index (χ0) is 21.1. The average molecular weight is 424 g/mol. The first-order valence-electron chi connectivity index (χ1n) is 10.0. The van der Waals surface area contributed by atoms with Crippen molar-refractivity contribution in [2.45, 2.75) is 18.2 Å². The first kappa shape index (κ1) is 20.3. The Balaban J connectivity index is 1.28. The Kier molecular flexibility index (Phi) is 5.72. The number of anilines is 1. The highest BCUT2D eigenvalue weighted by molar-refractivity contribution is 7.90. The van der Waals surface area contributed by atoms with Crippen LogP contribution in [0.25, 0.3) is 11.1 Å². The first-order chi connectivity index (χ1) is 14.4. The summed E-state index contributed by atoms with van der Waals surface area (Å²) in [5, 5.41) is 0. The summed E-state index contributed by atoms with van der Waals surface area (Å²) in [4.78, 5) is 11.3. The van der Waals surface area contributed by atoms with Gasteiger partial charge in [-0.3, -0.25) is 0 Å². The molecule has 0 aliphatic carbocycles. The summed E-state index contributed by atoms with van der Waals surface area (Å²) in [6, 6.07) is 14.8. The number of rotatable bonds is 7. The summed E-state index contributed by atoms with van der Waals surface area (Å²) in [7, 11) is -3.18. The summed E-state index contributed by atoms with van der Waals surface area (Å²) < 4.78 is 29.1. The maximum Gasteiger partial charge on any atom is 0.225 e. The molecular weight excluding hydrogens is 398 g/mol. The molecule has 6 nitrogen and oxygen atoms in total. The van der Waals surface area contributed by atoms with Gasteiger partial charge in [0.15, 0.2) is 9.84 Å². The summed E-state index contributed by atoms with van der Waals surface area (Å²) in [6.45, 7) is 4.55. The van der Waals surface area contributed by atoms with Crippen molar-refractivity contribution in [3.05, 3.63) is 66.5 Å². The molecule has 1 fully saturated rings. The molecule has 0 spiro atoms. The van der Waals surface area contributed by atoms with Crippen LogP contribution in [0.4, 0.5) is 5.95 Å². The Morgan fingerprint density at radius 2 is 1.53 bits per heavy atom. The van der Waals surface area contributed by atoms with E-state index in [1.807, 2.05) is 48.8 Å². The highest BCUT2D eigenvalue weighted by Crippen LogP contribution is 2.26. The molecule has 4 rings (SSSR count). The van der Waals surface area contributed by atoms with Crippen LogP contribution in [0.3, 0.4) is 0 Å². The largest absolute Gasteiger partial charge is 0.493 e. The monoisotopic (exact) mass is 423 g/mol. The van der Waals surface area contributed by atoms with E-state index in [9.17, 15) is 8.42 Å². The van der Waals surface area contributed by atoms with E-state index in [4.69, 9.17) is 4.74 Å². The summed E-state index contributed by atoms with van der Waals surface area (Å²) in [5.74, 6) is 2.07. The summed E-state index contributed by atoms with van der Waals surface area (Å²) >= 11 is 0. The van der Waals surface area contributed by atoms with E-state index in [1.165, 1.54) is 6.26 Å². The number of ether oxygens (including phenoxy) is 1. The minimum Gasteiger partial charge on any atom is -0.493 e. The van der Waals surface area contributed by atoms with Crippen LogP contribution in [-0.2, 0) is 16.3 Å². The van der Waals surface area contributed by atoms with Crippen molar-refractivity contribution in [1.29, 1.82) is 0 Å². The van der Waals surface area contributed by atoms with Gasteiger partial charge in [0.2, 0.25) is 5.95 Å². The molecule has 2 aromatic carbocycles. The Bertz CT molecular complexity index is 1090. The SMILES string of the molecule is CCc1cnc(N2CC(COc3ccc(-c4ccc(S(C)(=O)=O)cc4)cc3)C2)nc1. The van der Waals surface area contributed by atoms with Crippen LogP contribution in [0.15, 0.2) is 65.8 Å². The zero-order valence-corrected chi connectivity index (χ0v) is 18.0. The molecule has 0 atom stereocenters. The van der Waals surface area contributed by atoms with Gasteiger partial charge in [0, 0.05) is 37.7 Å². The van der Waals surface area contributed by atoms with Gasteiger partial charge >= 0.3 is 0 Å². The number of aryl methyl sites for hydroxylation is 1. The van der Waals surface area contributed by atoms with Crippen molar-refractivity contribution in [3.8, 4) is 16.9 Å². The van der Waals surface area contributed by atoms with Crippen molar-refractivity contribution in [2.75, 3.05) is 30.9 Å². The smallest absolute Gasteiger partial charge is 0.225 e. The maximum absolute atomic E-state index is 11.6. The Morgan fingerprint density at radius 3 is 2.07 bits per heavy atom. The molecule has 0 amide bonds. The van der Waals surface area contributed by atoms with Crippen molar-refractivity contribution in [2.24, 2.45) is 5.92 Å². The van der Waals surface area contributed by atoms with E-state index < -0.39 is 9.84 Å². The van der Waals surface area contributed by atoms with Gasteiger partial charge in [0.05, 0.1) is 11.5 Å². The number of hydrogen-bond acceptors (Lipinski definition) is 6. The molecule has 156 valence electrons. The number of hydrogen-bond donors (Lipinski definition) is 0. The lowest BCUT2D eigenvalue weighted by Crippen LogP contribution is -2.50. The van der Waals surface area contributed by atoms with Gasteiger partial charge in [-0.2, -0.15) is 0 Å². The van der Waals surface area contributed by atoms with Crippen LogP contribution >= 0.6 is 0 Å². The molecule has 1 aliphatic rings. The normalized spacial score (nSPS) is 14.4. The van der Waals surface area contributed by atoms with E-state index in [0.29, 0.717) is 17.4 Å². The fourth-order valence-corrected chi connectivity index (χ4v) is 4.02. The van der Waals surface area contributed by atoms with Crippen LogP contribution in [-0.4, -0.2) is 44.3 Å². The molecule has 0 unspecified atom stereocenters. The lowest BCUT2D eigenvalue weighted by Gasteiger charge is -2.38. The molecule has 0 N–H and O–H groups in total. The number of sulfone groups is 1. The predicted octanol–water partition coefficient (Wildman–Crippen LogP) is 3.62. The van der Waals surface area contributed by atoms with E-state index in [0.717, 1.165) is 47.9 Å². The Morgan fingerprint density at radius 1 is 0.967 bits per heavy atom. The summed E-state index contributed by atoms with van der Waals surface area (Å²) in [6.07, 6.45) is 5.94. The molecule has 3 aromatic rings. The fraction of sp³-hybridized carbons (Fsp3) is 0.304. The van der Waals surface area contributed by atoms with Crippen LogP contribution < -0.4 is 9.64 Å². The van der Waals surface area contributed by atoms with Gasteiger partial charge in [-0.25, -0.2) is 18.4 Å². The van der Waals surface area contributed by atoms with Crippen LogP contribution in [0.5, 0.6) is 5.75 Å². The quantitative estimate of drug-likeness (QED) is 0.578. The Labute approximate surface area is 177 Å². The molecule has 0 radical (unpaired) electrons. The van der Waals surface area contributed by atoms with Gasteiger partial charge in [-0.15, -0.1) is 0 Å². The van der Waals surface area contributed by atoms with Gasteiger partial charge in [-0.1, -0.05) is 31.2 Å². The molecule has 7 heteroatoms. The topological polar surface area (TPSA) is 72.4 Å². The highest BCUT2D eigenvalue weighted by atomic mass is 32.2. The minimum atomic E-state index is -3.18. The van der Waals surface area contributed by atoms with E-state index in [-0.39, 0.29) is 0 Å².